The molecule has 0 aliphatic carbocycles. The van der Waals surface area contributed by atoms with Gasteiger partial charge in [-0.3, -0.25) is 14.6 Å². The highest BCUT2D eigenvalue weighted by Crippen LogP contribution is 2.17. The van der Waals surface area contributed by atoms with Crippen molar-refractivity contribution >= 4 is 38.6 Å². The summed E-state index contributed by atoms with van der Waals surface area (Å²) in [6.07, 6.45) is 1.90. The Kier molecular flexibility index (Phi) is 5.09. The molecule has 0 bridgehead atoms. The molecule has 1 atom stereocenters. The van der Waals surface area contributed by atoms with Crippen LogP contribution in [-0.2, 0) is 11.2 Å². The lowest BCUT2D eigenvalue weighted by Gasteiger charge is -2.16. The van der Waals surface area contributed by atoms with Crippen LogP contribution < -0.4 is 11.1 Å². The molecule has 0 unspecified atom stereocenters. The van der Waals surface area contributed by atoms with Gasteiger partial charge in [0.15, 0.2) is 0 Å². The fourth-order valence-corrected chi connectivity index (χ4v) is 3.10. The SMILES string of the molecule is NC(=O)[C@@H](Cc1cccc(Br)c1)NC(=O)c1ccnc2ccccc12. The summed E-state index contributed by atoms with van der Waals surface area (Å²) in [6.45, 7) is 0. The van der Waals surface area contributed by atoms with Crippen molar-refractivity contribution in [3.63, 3.8) is 0 Å². The zero-order chi connectivity index (χ0) is 17.8. The Balaban J connectivity index is 1.84. The van der Waals surface area contributed by atoms with E-state index in [4.69, 9.17) is 5.73 Å². The molecular formula is C19H16BrN3O2. The summed E-state index contributed by atoms with van der Waals surface area (Å²) in [5, 5.41) is 3.47. The summed E-state index contributed by atoms with van der Waals surface area (Å²) in [5.74, 6) is -0.927. The Labute approximate surface area is 153 Å². The van der Waals surface area contributed by atoms with Crippen molar-refractivity contribution in [1.82, 2.24) is 10.3 Å². The van der Waals surface area contributed by atoms with Crippen molar-refractivity contribution in [2.24, 2.45) is 5.73 Å². The van der Waals surface area contributed by atoms with E-state index >= 15 is 0 Å². The number of amides is 2. The van der Waals surface area contributed by atoms with Crippen molar-refractivity contribution in [1.29, 1.82) is 0 Å². The Bertz CT molecular complexity index is 937. The molecule has 25 heavy (non-hydrogen) atoms. The average Bonchev–Trinajstić information content (AvgIpc) is 2.60. The lowest BCUT2D eigenvalue weighted by atomic mass is 10.0. The van der Waals surface area contributed by atoms with Gasteiger partial charge in [-0.15, -0.1) is 0 Å². The fraction of sp³-hybridized carbons (Fsp3) is 0.105. The van der Waals surface area contributed by atoms with Gasteiger partial charge in [-0.05, 0) is 29.8 Å². The molecule has 0 radical (unpaired) electrons. The zero-order valence-corrected chi connectivity index (χ0v) is 14.9. The molecule has 0 fully saturated rings. The molecule has 0 spiro atoms. The van der Waals surface area contributed by atoms with Gasteiger partial charge in [0.25, 0.3) is 5.91 Å². The molecule has 6 heteroatoms. The number of nitrogens with one attached hydrogen (secondary N) is 1. The largest absolute Gasteiger partial charge is 0.368 e. The highest BCUT2D eigenvalue weighted by molar-refractivity contribution is 9.10. The first-order chi connectivity index (χ1) is 12.0. The monoisotopic (exact) mass is 397 g/mol. The van der Waals surface area contributed by atoms with Crippen LogP contribution in [0, 0.1) is 0 Å². The van der Waals surface area contributed by atoms with Crippen LogP contribution in [0.4, 0.5) is 0 Å². The van der Waals surface area contributed by atoms with Gasteiger partial charge in [-0.2, -0.15) is 0 Å². The number of hydrogen-bond acceptors (Lipinski definition) is 3. The van der Waals surface area contributed by atoms with Gasteiger partial charge >= 0.3 is 0 Å². The second kappa shape index (κ2) is 7.44. The number of para-hydroxylation sites is 1. The minimum Gasteiger partial charge on any atom is -0.368 e. The molecule has 0 aliphatic rings. The molecule has 0 aliphatic heterocycles. The van der Waals surface area contributed by atoms with Crippen molar-refractivity contribution in [3.8, 4) is 0 Å². The summed E-state index contributed by atoms with van der Waals surface area (Å²) in [4.78, 5) is 28.7. The number of carbonyl (C=O) groups excluding carboxylic acids is 2. The molecule has 0 saturated heterocycles. The minimum absolute atomic E-state index is 0.323. The number of carbonyl (C=O) groups is 2. The zero-order valence-electron chi connectivity index (χ0n) is 13.3. The fourth-order valence-electron chi connectivity index (χ4n) is 2.65. The van der Waals surface area contributed by atoms with Crippen LogP contribution in [0.5, 0.6) is 0 Å². The van der Waals surface area contributed by atoms with Crippen LogP contribution in [0.1, 0.15) is 15.9 Å². The van der Waals surface area contributed by atoms with Gasteiger partial charge in [-0.1, -0.05) is 46.3 Å². The van der Waals surface area contributed by atoms with Crippen molar-refractivity contribution in [2.45, 2.75) is 12.5 Å². The molecule has 0 saturated carbocycles. The molecule has 2 aromatic carbocycles. The third kappa shape index (κ3) is 4.03. The molecule has 5 nitrogen and oxygen atoms in total. The van der Waals surface area contributed by atoms with Gasteiger partial charge in [-0.25, -0.2) is 0 Å². The second-order valence-electron chi connectivity index (χ2n) is 5.64. The number of benzene rings is 2. The molecule has 3 rings (SSSR count). The molecule has 3 aromatic rings. The number of rotatable bonds is 5. The van der Waals surface area contributed by atoms with E-state index in [0.29, 0.717) is 12.0 Å². The number of halogens is 1. The molecule has 3 N–H and O–H groups in total. The number of nitrogens with zero attached hydrogens (tertiary/aromatic N) is 1. The van der Waals surface area contributed by atoms with Crippen molar-refractivity contribution in [3.05, 3.63) is 76.4 Å². The number of primary amides is 1. The maximum Gasteiger partial charge on any atom is 0.252 e. The van der Waals surface area contributed by atoms with Crippen LogP contribution in [0.15, 0.2) is 65.3 Å². The molecular weight excluding hydrogens is 382 g/mol. The predicted octanol–water partition coefficient (Wildman–Crippen LogP) is 2.82. The van der Waals surface area contributed by atoms with Crippen LogP contribution in [0.2, 0.25) is 0 Å². The normalized spacial score (nSPS) is 11.9. The lowest BCUT2D eigenvalue weighted by molar-refractivity contribution is -0.119. The van der Waals surface area contributed by atoms with Gasteiger partial charge in [0.05, 0.1) is 11.1 Å². The maximum absolute atomic E-state index is 12.7. The van der Waals surface area contributed by atoms with E-state index < -0.39 is 11.9 Å². The first-order valence-corrected chi connectivity index (χ1v) is 8.52. The van der Waals surface area contributed by atoms with Crippen LogP contribution in [-0.4, -0.2) is 22.8 Å². The highest BCUT2D eigenvalue weighted by atomic mass is 79.9. The van der Waals surface area contributed by atoms with E-state index in [1.807, 2.05) is 48.5 Å². The summed E-state index contributed by atoms with van der Waals surface area (Å²) < 4.78 is 0.902. The first kappa shape index (κ1) is 17.1. The number of nitrogens with two attached hydrogens (primary N) is 1. The van der Waals surface area contributed by atoms with E-state index in [2.05, 4.69) is 26.2 Å². The van der Waals surface area contributed by atoms with Crippen LogP contribution >= 0.6 is 15.9 Å². The number of aromatic nitrogens is 1. The van der Waals surface area contributed by atoms with Gasteiger partial charge in [0.1, 0.15) is 6.04 Å². The first-order valence-electron chi connectivity index (χ1n) is 7.73. The second-order valence-corrected chi connectivity index (χ2v) is 6.55. The summed E-state index contributed by atoms with van der Waals surface area (Å²) in [7, 11) is 0. The Hall–Kier alpha value is -2.73. The van der Waals surface area contributed by atoms with E-state index in [1.54, 1.807) is 12.3 Å². The van der Waals surface area contributed by atoms with E-state index in [9.17, 15) is 9.59 Å². The standard InChI is InChI=1S/C19H16BrN3O2/c20-13-5-3-4-12(10-13)11-17(18(21)24)23-19(25)15-8-9-22-16-7-2-1-6-14(15)16/h1-10,17H,11H2,(H2,21,24)(H,23,25)/t17-/m1/s1. The maximum atomic E-state index is 12.7. The number of fused-ring (bicyclic) bond motifs is 1. The van der Waals surface area contributed by atoms with Crippen LogP contribution in [0.3, 0.4) is 0 Å². The number of hydrogen-bond donors (Lipinski definition) is 2. The molecule has 1 aromatic heterocycles. The predicted molar refractivity (Wildman–Crippen MR) is 100 cm³/mol. The Morgan fingerprint density at radius 3 is 2.68 bits per heavy atom. The average molecular weight is 398 g/mol. The van der Waals surface area contributed by atoms with E-state index in [1.165, 1.54) is 0 Å². The molecule has 126 valence electrons. The summed E-state index contributed by atoms with van der Waals surface area (Å²) in [5.41, 5.74) is 7.57. The third-order valence-corrected chi connectivity index (χ3v) is 4.36. The third-order valence-electron chi connectivity index (χ3n) is 3.87. The Morgan fingerprint density at radius 2 is 1.92 bits per heavy atom. The molecule has 2 amide bonds. The lowest BCUT2D eigenvalue weighted by Crippen LogP contribution is -2.45. The smallest absolute Gasteiger partial charge is 0.252 e. The van der Waals surface area contributed by atoms with E-state index in [0.717, 1.165) is 20.9 Å². The quantitative estimate of drug-likeness (QED) is 0.693. The summed E-state index contributed by atoms with van der Waals surface area (Å²) >= 11 is 3.39. The van der Waals surface area contributed by atoms with Crippen molar-refractivity contribution in [2.75, 3.05) is 0 Å². The summed E-state index contributed by atoms with van der Waals surface area (Å²) in [6, 6.07) is 15.7. The van der Waals surface area contributed by atoms with Crippen molar-refractivity contribution < 1.29 is 9.59 Å². The topological polar surface area (TPSA) is 85.1 Å². The number of pyridine rings is 1. The van der Waals surface area contributed by atoms with Crippen LogP contribution in [0.25, 0.3) is 10.9 Å². The van der Waals surface area contributed by atoms with Gasteiger partial charge < -0.3 is 11.1 Å². The molecule has 1 heterocycles. The highest BCUT2D eigenvalue weighted by Gasteiger charge is 2.20. The Morgan fingerprint density at radius 1 is 1.12 bits per heavy atom. The van der Waals surface area contributed by atoms with Gasteiger partial charge in [0.2, 0.25) is 5.91 Å². The van der Waals surface area contributed by atoms with Gasteiger partial charge in [0, 0.05) is 22.5 Å². The van der Waals surface area contributed by atoms with E-state index in [-0.39, 0.29) is 5.91 Å². The minimum atomic E-state index is -0.797.